The quantitative estimate of drug-likeness (QED) is 0.380. The van der Waals surface area contributed by atoms with E-state index in [0.717, 1.165) is 19.4 Å². The van der Waals surface area contributed by atoms with E-state index in [-0.39, 0.29) is 29.9 Å². The van der Waals surface area contributed by atoms with Gasteiger partial charge in [-0.2, -0.15) is 9.97 Å². The monoisotopic (exact) mass is 491 g/mol. The number of anilines is 2. The Morgan fingerprint density at radius 2 is 2.06 bits per heavy atom. The van der Waals surface area contributed by atoms with Crippen LogP contribution >= 0.6 is 0 Å². The fourth-order valence-electron chi connectivity index (χ4n) is 5.00. The molecule has 1 spiro atoms. The maximum absolute atomic E-state index is 14.8. The lowest BCUT2D eigenvalue weighted by atomic mass is 10.0. The highest BCUT2D eigenvalue weighted by Gasteiger charge is 2.54. The number of amides is 1. The SMILES string of the molecule is Cc1ncc(Oc2nc(N3CC(N)C4(CC4)C3)c3c(n2)[nH]c2c(N(C)C(=O)CN)cc(F)cc23)cn1. The first-order valence-corrected chi connectivity index (χ1v) is 11.7. The van der Waals surface area contributed by atoms with Crippen LogP contribution in [-0.4, -0.2) is 63.6 Å². The van der Waals surface area contributed by atoms with Crippen molar-refractivity contribution in [2.75, 3.05) is 36.5 Å². The van der Waals surface area contributed by atoms with E-state index in [9.17, 15) is 9.18 Å². The number of nitrogens with one attached hydrogen (secondary N) is 1. The number of nitrogens with zero attached hydrogens (tertiary/aromatic N) is 6. The first kappa shape index (κ1) is 22.6. The summed E-state index contributed by atoms with van der Waals surface area (Å²) in [6.45, 7) is 2.93. The second kappa shape index (κ2) is 8.07. The van der Waals surface area contributed by atoms with Gasteiger partial charge in [-0.15, -0.1) is 0 Å². The van der Waals surface area contributed by atoms with Crippen LogP contribution in [0.3, 0.4) is 0 Å². The second-order valence-corrected chi connectivity index (χ2v) is 9.60. The summed E-state index contributed by atoms with van der Waals surface area (Å²) < 4.78 is 20.7. The van der Waals surface area contributed by atoms with Crippen LogP contribution in [0, 0.1) is 18.2 Å². The van der Waals surface area contributed by atoms with Crippen molar-refractivity contribution in [1.82, 2.24) is 24.9 Å². The summed E-state index contributed by atoms with van der Waals surface area (Å²) in [4.78, 5) is 36.7. The summed E-state index contributed by atoms with van der Waals surface area (Å²) >= 11 is 0. The molecule has 1 amide bonds. The first-order chi connectivity index (χ1) is 17.3. The number of H-pyrrole nitrogens is 1. The minimum Gasteiger partial charge on any atom is -0.421 e. The van der Waals surface area contributed by atoms with Crippen LogP contribution in [0.15, 0.2) is 24.5 Å². The summed E-state index contributed by atoms with van der Waals surface area (Å²) in [5.74, 6) is 0.754. The number of hydrogen-bond donors (Lipinski definition) is 3. The number of fused-ring (bicyclic) bond motifs is 3. The summed E-state index contributed by atoms with van der Waals surface area (Å²) in [6.07, 6.45) is 5.24. The van der Waals surface area contributed by atoms with E-state index in [1.165, 1.54) is 17.0 Å². The fourth-order valence-corrected chi connectivity index (χ4v) is 5.00. The van der Waals surface area contributed by atoms with Gasteiger partial charge >= 0.3 is 6.01 Å². The van der Waals surface area contributed by atoms with Crippen LogP contribution in [0.1, 0.15) is 18.7 Å². The molecule has 2 fully saturated rings. The minimum atomic E-state index is -0.491. The summed E-state index contributed by atoms with van der Waals surface area (Å²) in [6, 6.07) is 2.82. The number of carbonyl (C=O) groups excluding carboxylic acids is 1. The van der Waals surface area contributed by atoms with Gasteiger partial charge in [0.1, 0.15) is 23.1 Å². The molecule has 36 heavy (non-hydrogen) atoms. The molecule has 5 N–H and O–H groups in total. The molecule has 12 heteroatoms. The van der Waals surface area contributed by atoms with Gasteiger partial charge in [0, 0.05) is 37.0 Å². The molecule has 1 aliphatic carbocycles. The molecule has 2 aliphatic rings. The van der Waals surface area contributed by atoms with Crippen molar-refractivity contribution in [3.8, 4) is 11.8 Å². The Morgan fingerprint density at radius 3 is 2.72 bits per heavy atom. The van der Waals surface area contributed by atoms with E-state index in [1.54, 1.807) is 26.4 Å². The molecule has 0 radical (unpaired) electrons. The van der Waals surface area contributed by atoms with Gasteiger partial charge < -0.3 is 31.0 Å². The van der Waals surface area contributed by atoms with Gasteiger partial charge in [-0.1, -0.05) is 0 Å². The standard InChI is InChI=1S/C24H26FN9O2/c1-12-28-8-14(9-29-12)36-23-31-21-19(22(32-23)34-10-17(27)24(11-34)3-4-24)15-5-13(25)6-16(20(15)30-21)33(2)18(35)7-26/h5-6,8-9,17H,3-4,7,10-11,26-27H2,1-2H3,(H,30,31,32). The summed E-state index contributed by atoms with van der Waals surface area (Å²) in [5.41, 5.74) is 13.5. The number of carbonyl (C=O) groups is 1. The molecule has 1 saturated heterocycles. The normalized spacial score (nSPS) is 18.4. The van der Waals surface area contributed by atoms with Crippen molar-refractivity contribution >= 4 is 39.3 Å². The number of likely N-dealkylation sites (N-methyl/N-ethyl adjacent to an activating group) is 1. The van der Waals surface area contributed by atoms with Gasteiger partial charge in [0.05, 0.1) is 35.5 Å². The average Bonchev–Trinajstić information content (AvgIpc) is 3.45. The smallest absolute Gasteiger partial charge is 0.326 e. The third-order valence-corrected chi connectivity index (χ3v) is 7.24. The lowest BCUT2D eigenvalue weighted by Crippen LogP contribution is -2.32. The highest BCUT2D eigenvalue weighted by atomic mass is 19.1. The van der Waals surface area contributed by atoms with Gasteiger partial charge in [-0.3, -0.25) is 4.79 Å². The van der Waals surface area contributed by atoms with Gasteiger partial charge in [0.2, 0.25) is 5.91 Å². The second-order valence-electron chi connectivity index (χ2n) is 9.60. The number of ether oxygens (including phenoxy) is 1. The largest absolute Gasteiger partial charge is 0.421 e. The van der Waals surface area contributed by atoms with Crippen molar-refractivity contribution < 1.29 is 13.9 Å². The Kier molecular flexibility index (Phi) is 5.05. The molecule has 6 rings (SSSR count). The molecule has 0 bridgehead atoms. The molecule has 1 aliphatic heterocycles. The van der Waals surface area contributed by atoms with Gasteiger partial charge in [0.15, 0.2) is 5.75 Å². The van der Waals surface area contributed by atoms with Crippen molar-refractivity contribution in [3.05, 3.63) is 36.2 Å². The van der Waals surface area contributed by atoms with Crippen LogP contribution < -0.4 is 26.0 Å². The zero-order valence-electron chi connectivity index (χ0n) is 20.0. The number of aromatic nitrogens is 5. The summed E-state index contributed by atoms with van der Waals surface area (Å²) in [5, 5.41) is 1.19. The van der Waals surface area contributed by atoms with E-state index in [1.807, 2.05) is 0 Å². The number of hydrogen-bond acceptors (Lipinski definition) is 9. The summed E-state index contributed by atoms with van der Waals surface area (Å²) in [7, 11) is 1.56. The zero-order valence-corrected chi connectivity index (χ0v) is 20.0. The molecular weight excluding hydrogens is 465 g/mol. The maximum atomic E-state index is 14.8. The average molecular weight is 492 g/mol. The third kappa shape index (κ3) is 3.60. The fraction of sp³-hybridized carbons (Fsp3) is 0.375. The molecule has 1 saturated carbocycles. The van der Waals surface area contributed by atoms with E-state index < -0.39 is 5.82 Å². The Morgan fingerprint density at radius 1 is 1.31 bits per heavy atom. The van der Waals surface area contributed by atoms with Crippen molar-refractivity contribution in [3.63, 3.8) is 0 Å². The lowest BCUT2D eigenvalue weighted by molar-refractivity contribution is -0.117. The number of aromatic amines is 1. The number of benzene rings is 1. The van der Waals surface area contributed by atoms with Crippen molar-refractivity contribution in [2.24, 2.45) is 16.9 Å². The van der Waals surface area contributed by atoms with Crippen molar-refractivity contribution in [1.29, 1.82) is 0 Å². The molecule has 1 unspecified atom stereocenters. The van der Waals surface area contributed by atoms with Crippen molar-refractivity contribution in [2.45, 2.75) is 25.8 Å². The Hall–Kier alpha value is -3.90. The highest BCUT2D eigenvalue weighted by molar-refractivity contribution is 6.16. The molecule has 1 aromatic carbocycles. The highest BCUT2D eigenvalue weighted by Crippen LogP contribution is 2.53. The Bertz CT molecular complexity index is 1500. The molecule has 3 aromatic heterocycles. The molecule has 186 valence electrons. The Labute approximate surface area is 205 Å². The maximum Gasteiger partial charge on any atom is 0.326 e. The van der Waals surface area contributed by atoms with Gasteiger partial charge in [-0.05, 0) is 31.9 Å². The molecule has 4 heterocycles. The van der Waals surface area contributed by atoms with Crippen LogP contribution in [0.4, 0.5) is 15.9 Å². The number of rotatable bonds is 5. The zero-order chi connectivity index (χ0) is 25.2. The molecular formula is C24H26FN9O2. The number of nitrogens with two attached hydrogens (primary N) is 2. The molecule has 1 atom stereocenters. The lowest BCUT2D eigenvalue weighted by Gasteiger charge is -2.19. The van der Waals surface area contributed by atoms with Crippen LogP contribution in [0.2, 0.25) is 0 Å². The predicted molar refractivity (Wildman–Crippen MR) is 133 cm³/mol. The van der Waals surface area contributed by atoms with Gasteiger partial charge in [-0.25, -0.2) is 14.4 Å². The van der Waals surface area contributed by atoms with Crippen LogP contribution in [0.5, 0.6) is 11.8 Å². The first-order valence-electron chi connectivity index (χ1n) is 11.7. The third-order valence-electron chi connectivity index (χ3n) is 7.24. The Balaban J connectivity index is 1.55. The van der Waals surface area contributed by atoms with Crippen LogP contribution in [-0.2, 0) is 4.79 Å². The van der Waals surface area contributed by atoms with E-state index in [2.05, 4.69) is 24.8 Å². The van der Waals surface area contributed by atoms with Crippen LogP contribution in [0.25, 0.3) is 21.9 Å². The van der Waals surface area contributed by atoms with E-state index in [0.29, 0.717) is 51.6 Å². The van der Waals surface area contributed by atoms with E-state index >= 15 is 0 Å². The number of aryl methyl sites for hydroxylation is 1. The van der Waals surface area contributed by atoms with E-state index in [4.69, 9.17) is 21.2 Å². The molecule has 4 aromatic rings. The number of halogens is 1. The topological polar surface area (TPSA) is 152 Å². The minimum absolute atomic E-state index is 0.0168. The van der Waals surface area contributed by atoms with Gasteiger partial charge in [0.25, 0.3) is 0 Å². The predicted octanol–water partition coefficient (Wildman–Crippen LogP) is 1.99. The molecule has 11 nitrogen and oxygen atoms in total.